The molecule has 0 radical (unpaired) electrons. The van der Waals surface area contributed by atoms with Crippen molar-refractivity contribution in [3.05, 3.63) is 69.2 Å². The zero-order valence-corrected chi connectivity index (χ0v) is 14.6. The van der Waals surface area contributed by atoms with Crippen molar-refractivity contribution in [3.63, 3.8) is 0 Å². The third-order valence-corrected chi connectivity index (χ3v) is 4.94. The summed E-state index contributed by atoms with van der Waals surface area (Å²) in [5, 5.41) is 4.09. The normalized spacial score (nSPS) is 10.5. The summed E-state index contributed by atoms with van der Waals surface area (Å²) in [5.74, 6) is 1.67. The second kappa shape index (κ2) is 8.47. The van der Waals surface area contributed by atoms with Crippen molar-refractivity contribution >= 4 is 40.9 Å². The second-order valence-corrected chi connectivity index (χ2v) is 6.79. The Balaban J connectivity index is 1.72. The highest BCUT2D eigenvalue weighted by Crippen LogP contribution is 2.24. The van der Waals surface area contributed by atoms with E-state index in [0.717, 1.165) is 28.2 Å². The maximum Gasteiger partial charge on any atom is 0.251 e. The molecule has 0 saturated heterocycles. The maximum absolute atomic E-state index is 12.0. The SMILES string of the molecule is Cc1ccccc1C(=O)NCCSCc1ccc(Cl)c(Cl)c1. The minimum atomic E-state index is -0.0202. The Labute approximate surface area is 145 Å². The van der Waals surface area contributed by atoms with Crippen LogP contribution in [0.2, 0.25) is 10.0 Å². The van der Waals surface area contributed by atoms with Gasteiger partial charge in [-0.05, 0) is 36.2 Å². The number of carbonyl (C=O) groups is 1. The number of hydrogen-bond acceptors (Lipinski definition) is 2. The number of nitrogens with one attached hydrogen (secondary N) is 1. The first-order chi connectivity index (χ1) is 10.6. The predicted molar refractivity (Wildman–Crippen MR) is 96.1 cm³/mol. The van der Waals surface area contributed by atoms with Gasteiger partial charge < -0.3 is 5.32 Å². The molecule has 2 rings (SSSR count). The van der Waals surface area contributed by atoms with E-state index in [1.165, 1.54) is 0 Å². The van der Waals surface area contributed by atoms with Crippen LogP contribution in [0.5, 0.6) is 0 Å². The number of hydrogen-bond donors (Lipinski definition) is 1. The molecule has 0 spiro atoms. The smallest absolute Gasteiger partial charge is 0.251 e. The summed E-state index contributed by atoms with van der Waals surface area (Å²) < 4.78 is 0. The lowest BCUT2D eigenvalue weighted by Gasteiger charge is -2.07. The highest BCUT2D eigenvalue weighted by atomic mass is 35.5. The first-order valence-electron chi connectivity index (χ1n) is 6.93. The Bertz CT molecular complexity index is 661. The van der Waals surface area contributed by atoms with E-state index in [1.807, 2.05) is 43.3 Å². The topological polar surface area (TPSA) is 29.1 Å². The third kappa shape index (κ3) is 4.94. The lowest BCUT2D eigenvalue weighted by atomic mass is 10.1. The van der Waals surface area contributed by atoms with Gasteiger partial charge >= 0.3 is 0 Å². The van der Waals surface area contributed by atoms with Gasteiger partial charge in [0.25, 0.3) is 5.91 Å². The summed E-state index contributed by atoms with van der Waals surface area (Å²) in [6.45, 7) is 2.58. The molecule has 22 heavy (non-hydrogen) atoms. The molecule has 116 valence electrons. The van der Waals surface area contributed by atoms with Crippen LogP contribution in [0.1, 0.15) is 21.5 Å². The van der Waals surface area contributed by atoms with E-state index < -0.39 is 0 Å². The molecule has 1 N–H and O–H groups in total. The molecule has 0 unspecified atom stereocenters. The van der Waals surface area contributed by atoms with E-state index in [9.17, 15) is 4.79 Å². The first-order valence-corrected chi connectivity index (χ1v) is 8.84. The van der Waals surface area contributed by atoms with Crippen molar-refractivity contribution in [2.45, 2.75) is 12.7 Å². The van der Waals surface area contributed by atoms with Gasteiger partial charge in [-0.25, -0.2) is 0 Å². The molecular formula is C17H17Cl2NOS. The van der Waals surface area contributed by atoms with Gasteiger partial charge in [0, 0.05) is 23.6 Å². The molecule has 0 aliphatic heterocycles. The Hall–Kier alpha value is -1.16. The van der Waals surface area contributed by atoms with Crippen LogP contribution < -0.4 is 5.32 Å². The van der Waals surface area contributed by atoms with E-state index in [1.54, 1.807) is 17.8 Å². The third-order valence-electron chi connectivity index (χ3n) is 3.17. The van der Waals surface area contributed by atoms with Crippen molar-refractivity contribution in [3.8, 4) is 0 Å². The average Bonchev–Trinajstić information content (AvgIpc) is 2.50. The van der Waals surface area contributed by atoms with Crippen LogP contribution in [0.15, 0.2) is 42.5 Å². The van der Waals surface area contributed by atoms with Gasteiger partial charge in [0.2, 0.25) is 0 Å². The molecule has 0 aromatic heterocycles. The molecule has 0 aliphatic carbocycles. The van der Waals surface area contributed by atoms with E-state index in [4.69, 9.17) is 23.2 Å². The number of benzene rings is 2. The van der Waals surface area contributed by atoms with E-state index in [0.29, 0.717) is 16.6 Å². The van der Waals surface area contributed by atoms with Gasteiger partial charge in [-0.2, -0.15) is 11.8 Å². The molecule has 2 nitrogen and oxygen atoms in total. The summed E-state index contributed by atoms with van der Waals surface area (Å²) in [5.41, 5.74) is 2.85. The molecule has 0 heterocycles. The molecule has 0 saturated carbocycles. The highest BCUT2D eigenvalue weighted by Gasteiger charge is 2.07. The molecule has 2 aromatic rings. The minimum absolute atomic E-state index is 0.0202. The Kier molecular flexibility index (Phi) is 6.62. The number of halogens is 2. The summed E-state index contributed by atoms with van der Waals surface area (Å²) >= 11 is 13.6. The lowest BCUT2D eigenvalue weighted by molar-refractivity contribution is 0.0955. The molecule has 1 amide bonds. The quantitative estimate of drug-likeness (QED) is 0.743. The first kappa shape index (κ1) is 17.2. The molecule has 0 atom stereocenters. The highest BCUT2D eigenvalue weighted by molar-refractivity contribution is 7.98. The number of thioether (sulfide) groups is 1. The van der Waals surface area contributed by atoms with Crippen LogP contribution in [0.4, 0.5) is 0 Å². The molecule has 0 fully saturated rings. The lowest BCUT2D eigenvalue weighted by Crippen LogP contribution is -2.26. The maximum atomic E-state index is 12.0. The molecule has 2 aromatic carbocycles. The van der Waals surface area contributed by atoms with Crippen LogP contribution >= 0.6 is 35.0 Å². The van der Waals surface area contributed by atoms with E-state index >= 15 is 0 Å². The fourth-order valence-corrected chi connectivity index (χ4v) is 3.11. The van der Waals surface area contributed by atoms with Crippen LogP contribution in [0.3, 0.4) is 0 Å². The van der Waals surface area contributed by atoms with Gasteiger partial charge in [0.05, 0.1) is 10.0 Å². The number of amides is 1. The average molecular weight is 354 g/mol. The fourth-order valence-electron chi connectivity index (χ4n) is 1.98. The van der Waals surface area contributed by atoms with Gasteiger partial charge in [-0.3, -0.25) is 4.79 Å². The predicted octanol–water partition coefficient (Wildman–Crippen LogP) is 4.97. The summed E-state index contributed by atoms with van der Waals surface area (Å²) in [6, 6.07) is 13.2. The number of carbonyl (C=O) groups excluding carboxylic acids is 1. The molecule has 5 heteroatoms. The largest absolute Gasteiger partial charge is 0.351 e. The summed E-state index contributed by atoms with van der Waals surface area (Å²) in [7, 11) is 0. The minimum Gasteiger partial charge on any atom is -0.351 e. The van der Waals surface area contributed by atoms with Crippen molar-refractivity contribution < 1.29 is 4.79 Å². The van der Waals surface area contributed by atoms with Gasteiger partial charge in [-0.1, -0.05) is 47.5 Å². The van der Waals surface area contributed by atoms with Crippen molar-refractivity contribution in [1.29, 1.82) is 0 Å². The summed E-state index contributed by atoms with van der Waals surface area (Å²) in [4.78, 5) is 12.0. The van der Waals surface area contributed by atoms with E-state index in [-0.39, 0.29) is 5.91 Å². The second-order valence-electron chi connectivity index (χ2n) is 4.87. The van der Waals surface area contributed by atoms with E-state index in [2.05, 4.69) is 5.32 Å². The summed E-state index contributed by atoms with van der Waals surface area (Å²) in [6.07, 6.45) is 0. The zero-order chi connectivity index (χ0) is 15.9. The molecule has 0 bridgehead atoms. The van der Waals surface area contributed by atoms with Crippen molar-refractivity contribution in [2.24, 2.45) is 0 Å². The Morgan fingerprint density at radius 3 is 2.64 bits per heavy atom. The van der Waals surface area contributed by atoms with Crippen LogP contribution in [-0.2, 0) is 5.75 Å². The van der Waals surface area contributed by atoms with Crippen molar-refractivity contribution in [1.82, 2.24) is 5.32 Å². The van der Waals surface area contributed by atoms with Gasteiger partial charge in [-0.15, -0.1) is 0 Å². The van der Waals surface area contributed by atoms with Crippen LogP contribution in [-0.4, -0.2) is 18.2 Å². The fraction of sp³-hybridized carbons (Fsp3) is 0.235. The number of aryl methyl sites for hydroxylation is 1. The van der Waals surface area contributed by atoms with Crippen LogP contribution in [0.25, 0.3) is 0 Å². The number of rotatable bonds is 6. The van der Waals surface area contributed by atoms with Gasteiger partial charge in [0.1, 0.15) is 0 Å². The molecule has 0 aliphatic rings. The Morgan fingerprint density at radius 1 is 1.14 bits per heavy atom. The molecular weight excluding hydrogens is 337 g/mol. The monoisotopic (exact) mass is 353 g/mol. The Morgan fingerprint density at radius 2 is 1.91 bits per heavy atom. The van der Waals surface area contributed by atoms with Crippen LogP contribution in [0, 0.1) is 6.92 Å². The van der Waals surface area contributed by atoms with Gasteiger partial charge in [0.15, 0.2) is 0 Å². The van der Waals surface area contributed by atoms with Crippen molar-refractivity contribution in [2.75, 3.05) is 12.3 Å². The zero-order valence-electron chi connectivity index (χ0n) is 12.2. The standard InChI is InChI=1S/C17H17Cl2NOS/c1-12-4-2-3-5-14(12)17(21)20-8-9-22-11-13-6-7-15(18)16(19)10-13/h2-7,10H,8-9,11H2,1H3,(H,20,21).